The summed E-state index contributed by atoms with van der Waals surface area (Å²) in [6.45, 7) is 7.01. The summed E-state index contributed by atoms with van der Waals surface area (Å²) in [5.41, 5.74) is 4.23. The summed E-state index contributed by atoms with van der Waals surface area (Å²) >= 11 is 5.83. The van der Waals surface area contributed by atoms with Gasteiger partial charge in [0.15, 0.2) is 5.11 Å². The minimum atomic E-state index is -0.182. The highest BCUT2D eigenvalue weighted by Gasteiger charge is 2.42. The van der Waals surface area contributed by atoms with Crippen molar-refractivity contribution in [2.45, 2.75) is 38.8 Å². The van der Waals surface area contributed by atoms with Crippen LogP contribution >= 0.6 is 12.2 Å². The molecule has 2 atom stereocenters. The van der Waals surface area contributed by atoms with Crippen LogP contribution in [0.1, 0.15) is 55.8 Å². The number of anilines is 1. The number of nitrogens with zero attached hydrogens (tertiary/aromatic N) is 2. The normalized spacial score (nSPS) is 17.6. The maximum absolute atomic E-state index is 6.46. The molecule has 1 N–H and O–H groups in total. The SMILES string of the molecule is CCOc1ccc(-c2ccc([C@H]3[C@H](c4ccccn4)NC(=S)N3c3ccc(C(C)C)cc3)o2)cc1. The average molecular weight is 484 g/mol. The molecule has 0 saturated carbocycles. The van der Waals surface area contributed by atoms with Crippen molar-refractivity contribution in [1.29, 1.82) is 0 Å². The third-order valence-corrected chi connectivity index (χ3v) is 6.62. The third-order valence-electron chi connectivity index (χ3n) is 6.30. The number of rotatable bonds is 7. The van der Waals surface area contributed by atoms with E-state index in [4.69, 9.17) is 21.4 Å². The zero-order chi connectivity index (χ0) is 24.4. The molecule has 0 aliphatic carbocycles. The molecule has 178 valence electrons. The lowest BCUT2D eigenvalue weighted by Crippen LogP contribution is -2.29. The first-order valence-corrected chi connectivity index (χ1v) is 12.4. The first-order valence-electron chi connectivity index (χ1n) is 12.0. The van der Waals surface area contributed by atoms with E-state index in [9.17, 15) is 0 Å². The molecule has 0 bridgehead atoms. The van der Waals surface area contributed by atoms with Gasteiger partial charge in [-0.3, -0.25) is 4.98 Å². The molecule has 1 aliphatic heterocycles. The predicted molar refractivity (Wildman–Crippen MR) is 144 cm³/mol. The van der Waals surface area contributed by atoms with Crippen LogP contribution in [0.4, 0.5) is 5.69 Å². The van der Waals surface area contributed by atoms with E-state index >= 15 is 0 Å². The van der Waals surface area contributed by atoms with Crippen LogP contribution in [0.2, 0.25) is 0 Å². The summed E-state index contributed by atoms with van der Waals surface area (Å²) in [5, 5.41) is 4.15. The second-order valence-corrected chi connectivity index (χ2v) is 9.29. The molecular formula is C29H29N3O2S. The number of furan rings is 1. The van der Waals surface area contributed by atoms with E-state index in [0.717, 1.165) is 34.2 Å². The Morgan fingerprint density at radius 1 is 1.00 bits per heavy atom. The molecule has 3 heterocycles. The highest BCUT2D eigenvalue weighted by molar-refractivity contribution is 7.80. The molecule has 4 aromatic rings. The van der Waals surface area contributed by atoms with E-state index in [1.807, 2.05) is 67.7 Å². The lowest BCUT2D eigenvalue weighted by atomic mass is 10.0. The summed E-state index contributed by atoms with van der Waals surface area (Å²) in [7, 11) is 0. The van der Waals surface area contributed by atoms with Gasteiger partial charge in [0.2, 0.25) is 0 Å². The van der Waals surface area contributed by atoms with Gasteiger partial charge in [-0.2, -0.15) is 0 Å². The molecule has 35 heavy (non-hydrogen) atoms. The number of nitrogens with one attached hydrogen (secondary N) is 1. The Kier molecular flexibility index (Phi) is 6.55. The number of benzene rings is 2. The number of thiocarbonyl (C=S) groups is 1. The number of hydrogen-bond donors (Lipinski definition) is 1. The van der Waals surface area contributed by atoms with E-state index in [-0.39, 0.29) is 12.1 Å². The highest BCUT2D eigenvalue weighted by Crippen LogP contribution is 2.43. The summed E-state index contributed by atoms with van der Waals surface area (Å²) in [5.74, 6) is 2.94. The van der Waals surface area contributed by atoms with Gasteiger partial charge in [0.1, 0.15) is 23.3 Å². The number of pyridine rings is 1. The van der Waals surface area contributed by atoms with Crippen LogP contribution in [0.3, 0.4) is 0 Å². The first kappa shape index (κ1) is 23.1. The second kappa shape index (κ2) is 9.92. The van der Waals surface area contributed by atoms with E-state index in [0.29, 0.717) is 17.6 Å². The molecular weight excluding hydrogens is 454 g/mol. The van der Waals surface area contributed by atoms with E-state index < -0.39 is 0 Å². The van der Waals surface area contributed by atoms with Gasteiger partial charge >= 0.3 is 0 Å². The predicted octanol–water partition coefficient (Wildman–Crippen LogP) is 7.04. The number of aromatic nitrogens is 1. The molecule has 0 radical (unpaired) electrons. The van der Waals surface area contributed by atoms with Crippen molar-refractivity contribution in [3.63, 3.8) is 0 Å². The van der Waals surface area contributed by atoms with Crippen LogP contribution in [-0.2, 0) is 0 Å². The Labute approximate surface area is 211 Å². The van der Waals surface area contributed by atoms with Crippen LogP contribution in [0, 0.1) is 0 Å². The fraction of sp³-hybridized carbons (Fsp3) is 0.241. The Bertz CT molecular complexity index is 1280. The standard InChI is InChI=1S/C29H29N3O2S/c1-4-33-23-14-10-21(11-15-23)25-16-17-26(34-25)28-27(24-7-5-6-18-30-24)31-29(35)32(28)22-12-8-20(9-13-22)19(2)3/h5-19,27-28H,4H2,1-3H3,(H,31,35)/t27-,28-/m0/s1. The van der Waals surface area contributed by atoms with E-state index in [1.54, 1.807) is 0 Å². The van der Waals surface area contributed by atoms with E-state index in [2.05, 4.69) is 53.3 Å². The Morgan fingerprint density at radius 2 is 1.77 bits per heavy atom. The highest BCUT2D eigenvalue weighted by atomic mass is 32.1. The molecule has 0 spiro atoms. The summed E-state index contributed by atoms with van der Waals surface area (Å²) in [4.78, 5) is 6.76. The molecule has 5 rings (SSSR count). The molecule has 1 aliphatic rings. The third kappa shape index (κ3) is 4.66. The molecule has 1 saturated heterocycles. The topological polar surface area (TPSA) is 50.5 Å². The van der Waals surface area contributed by atoms with Crippen molar-refractivity contribution >= 4 is 23.0 Å². The lowest BCUT2D eigenvalue weighted by Gasteiger charge is -2.26. The molecule has 0 unspecified atom stereocenters. The monoisotopic (exact) mass is 483 g/mol. The molecule has 2 aromatic carbocycles. The Morgan fingerprint density at radius 3 is 2.43 bits per heavy atom. The average Bonchev–Trinajstić information content (AvgIpc) is 3.50. The molecule has 5 nitrogen and oxygen atoms in total. The van der Waals surface area contributed by atoms with Crippen molar-refractivity contribution in [1.82, 2.24) is 10.3 Å². The smallest absolute Gasteiger partial charge is 0.174 e. The van der Waals surface area contributed by atoms with Gasteiger partial charge in [0.25, 0.3) is 0 Å². The Balaban J connectivity index is 1.53. The fourth-order valence-corrected chi connectivity index (χ4v) is 4.84. The van der Waals surface area contributed by atoms with Gasteiger partial charge in [0, 0.05) is 17.4 Å². The lowest BCUT2D eigenvalue weighted by molar-refractivity contribution is 0.340. The quantitative estimate of drug-likeness (QED) is 0.285. The van der Waals surface area contributed by atoms with Crippen LogP contribution < -0.4 is 15.0 Å². The van der Waals surface area contributed by atoms with Gasteiger partial charge in [-0.25, -0.2) is 0 Å². The zero-order valence-electron chi connectivity index (χ0n) is 20.1. The maximum atomic E-state index is 6.46. The minimum absolute atomic E-state index is 0.146. The Hall–Kier alpha value is -3.64. The maximum Gasteiger partial charge on any atom is 0.174 e. The summed E-state index contributed by atoms with van der Waals surface area (Å²) in [6, 6.07) is 26.2. The van der Waals surface area contributed by atoms with Crippen molar-refractivity contribution in [3.05, 3.63) is 102 Å². The summed E-state index contributed by atoms with van der Waals surface area (Å²) in [6.07, 6.45) is 1.81. The van der Waals surface area contributed by atoms with E-state index in [1.165, 1.54) is 5.56 Å². The fourth-order valence-electron chi connectivity index (χ4n) is 4.49. The molecule has 6 heteroatoms. The largest absolute Gasteiger partial charge is 0.494 e. The molecule has 0 amide bonds. The van der Waals surface area contributed by atoms with Crippen LogP contribution in [-0.4, -0.2) is 16.7 Å². The van der Waals surface area contributed by atoms with Gasteiger partial charge < -0.3 is 19.4 Å². The summed E-state index contributed by atoms with van der Waals surface area (Å²) < 4.78 is 12.0. The molecule has 1 fully saturated rings. The van der Waals surface area contributed by atoms with Gasteiger partial charge in [-0.05, 0) is 91.3 Å². The van der Waals surface area contributed by atoms with Crippen molar-refractivity contribution < 1.29 is 9.15 Å². The first-order chi connectivity index (χ1) is 17.0. The van der Waals surface area contributed by atoms with Gasteiger partial charge in [-0.15, -0.1) is 0 Å². The zero-order valence-corrected chi connectivity index (χ0v) is 21.0. The van der Waals surface area contributed by atoms with Crippen molar-refractivity contribution in [2.24, 2.45) is 0 Å². The number of hydrogen-bond acceptors (Lipinski definition) is 4. The van der Waals surface area contributed by atoms with Crippen LogP contribution in [0.15, 0.2) is 89.5 Å². The van der Waals surface area contributed by atoms with Crippen LogP contribution in [0.5, 0.6) is 5.75 Å². The van der Waals surface area contributed by atoms with Crippen molar-refractivity contribution in [2.75, 3.05) is 11.5 Å². The van der Waals surface area contributed by atoms with Crippen LogP contribution in [0.25, 0.3) is 11.3 Å². The molecule has 2 aromatic heterocycles. The number of ether oxygens (including phenoxy) is 1. The minimum Gasteiger partial charge on any atom is -0.494 e. The second-order valence-electron chi connectivity index (χ2n) is 8.90. The van der Waals surface area contributed by atoms with Crippen molar-refractivity contribution in [3.8, 4) is 17.1 Å². The van der Waals surface area contributed by atoms with Gasteiger partial charge in [-0.1, -0.05) is 32.0 Å². The van der Waals surface area contributed by atoms with Gasteiger partial charge in [0.05, 0.1) is 18.3 Å².